The molecule has 0 aliphatic carbocycles. The third-order valence-electron chi connectivity index (χ3n) is 3.85. The summed E-state index contributed by atoms with van der Waals surface area (Å²) in [7, 11) is 0. The molecule has 5 nitrogen and oxygen atoms in total. The fourth-order valence-electron chi connectivity index (χ4n) is 2.53. The van der Waals surface area contributed by atoms with Crippen molar-refractivity contribution in [2.45, 2.75) is 53.8 Å². The number of halogens is 3. The zero-order valence-electron chi connectivity index (χ0n) is 16.6. The Morgan fingerprint density at radius 2 is 1.57 bits per heavy atom. The number of carbonyl (C=O) groups excluding carboxylic acids is 1. The molecule has 1 amide bonds. The van der Waals surface area contributed by atoms with Crippen LogP contribution in [0.25, 0.3) is 0 Å². The first kappa shape index (κ1) is 21.7. The quantitative estimate of drug-likeness (QED) is 0.768. The summed E-state index contributed by atoms with van der Waals surface area (Å²) in [6.45, 7) is 9.41. The van der Waals surface area contributed by atoms with E-state index in [2.05, 4.69) is 15.3 Å². The van der Waals surface area contributed by atoms with Gasteiger partial charge in [-0.25, -0.2) is 0 Å². The standard InChI is InChI=1S/C20H24F3N3O2/c1-12-17(26-16(27)10-19(3,4)5)13(2)25-18(24-12)28-11-14-6-8-15(9-7-14)20(21,22)23/h6-9H,10-11H2,1-5H3,(H,26,27). The van der Waals surface area contributed by atoms with Crippen LogP contribution in [0.1, 0.15) is 49.7 Å². The van der Waals surface area contributed by atoms with E-state index in [4.69, 9.17) is 4.74 Å². The highest BCUT2D eigenvalue weighted by Gasteiger charge is 2.29. The zero-order valence-corrected chi connectivity index (χ0v) is 16.6. The van der Waals surface area contributed by atoms with E-state index >= 15 is 0 Å². The highest BCUT2D eigenvalue weighted by Crippen LogP contribution is 2.29. The lowest BCUT2D eigenvalue weighted by molar-refractivity contribution is -0.137. The number of alkyl halides is 3. The van der Waals surface area contributed by atoms with Crippen molar-refractivity contribution in [1.82, 2.24) is 9.97 Å². The van der Waals surface area contributed by atoms with E-state index in [0.29, 0.717) is 29.1 Å². The van der Waals surface area contributed by atoms with Crippen molar-refractivity contribution in [3.8, 4) is 6.01 Å². The van der Waals surface area contributed by atoms with Crippen LogP contribution in [0.2, 0.25) is 0 Å². The van der Waals surface area contributed by atoms with Gasteiger partial charge in [0, 0.05) is 6.42 Å². The second-order valence-electron chi connectivity index (χ2n) is 7.82. The maximum Gasteiger partial charge on any atom is 0.416 e. The molecule has 0 saturated carbocycles. The van der Waals surface area contributed by atoms with Crippen LogP contribution in [0.15, 0.2) is 24.3 Å². The first-order valence-corrected chi connectivity index (χ1v) is 8.79. The summed E-state index contributed by atoms with van der Waals surface area (Å²) in [5, 5.41) is 2.83. The molecule has 0 atom stereocenters. The molecule has 8 heteroatoms. The molecular weight excluding hydrogens is 371 g/mol. The third-order valence-corrected chi connectivity index (χ3v) is 3.85. The fourth-order valence-corrected chi connectivity index (χ4v) is 2.53. The molecule has 152 valence electrons. The van der Waals surface area contributed by atoms with Gasteiger partial charge < -0.3 is 10.1 Å². The normalized spacial score (nSPS) is 12.0. The van der Waals surface area contributed by atoms with Crippen molar-refractivity contribution < 1.29 is 22.7 Å². The van der Waals surface area contributed by atoms with Crippen molar-refractivity contribution in [2.24, 2.45) is 5.41 Å². The Kier molecular flexibility index (Phi) is 6.31. The minimum Gasteiger partial charge on any atom is -0.459 e. The predicted octanol–water partition coefficient (Wildman–Crippen LogP) is 5.07. The molecule has 1 aromatic carbocycles. The topological polar surface area (TPSA) is 64.1 Å². The molecule has 1 aromatic heterocycles. The van der Waals surface area contributed by atoms with Gasteiger partial charge in [-0.1, -0.05) is 32.9 Å². The monoisotopic (exact) mass is 395 g/mol. The van der Waals surface area contributed by atoms with E-state index in [9.17, 15) is 18.0 Å². The van der Waals surface area contributed by atoms with E-state index in [1.54, 1.807) is 13.8 Å². The first-order valence-electron chi connectivity index (χ1n) is 8.79. The highest BCUT2D eigenvalue weighted by molar-refractivity contribution is 5.92. The SMILES string of the molecule is Cc1nc(OCc2ccc(C(F)(F)F)cc2)nc(C)c1NC(=O)CC(C)(C)C. The molecule has 0 radical (unpaired) electrons. The van der Waals surface area contributed by atoms with Crippen LogP contribution in [0.4, 0.5) is 18.9 Å². The smallest absolute Gasteiger partial charge is 0.416 e. The lowest BCUT2D eigenvalue weighted by atomic mass is 9.92. The maximum absolute atomic E-state index is 12.6. The third kappa shape index (κ3) is 6.21. The summed E-state index contributed by atoms with van der Waals surface area (Å²) in [6.07, 6.45) is -4.01. The average Bonchev–Trinajstić information content (AvgIpc) is 2.54. The number of hydrogen-bond donors (Lipinski definition) is 1. The predicted molar refractivity (Wildman–Crippen MR) is 100.0 cm³/mol. The molecule has 0 aliphatic heterocycles. The lowest BCUT2D eigenvalue weighted by Gasteiger charge is -2.18. The largest absolute Gasteiger partial charge is 0.459 e. The summed E-state index contributed by atoms with van der Waals surface area (Å²) in [4.78, 5) is 20.6. The van der Waals surface area contributed by atoms with Crippen molar-refractivity contribution in [3.63, 3.8) is 0 Å². The number of ether oxygens (including phenoxy) is 1. The second-order valence-corrected chi connectivity index (χ2v) is 7.82. The molecule has 0 bridgehead atoms. The Bertz CT molecular complexity index is 818. The van der Waals surface area contributed by atoms with Gasteiger partial charge in [-0.15, -0.1) is 0 Å². The van der Waals surface area contributed by atoms with Gasteiger partial charge in [0.1, 0.15) is 6.61 Å². The van der Waals surface area contributed by atoms with Crippen LogP contribution in [-0.2, 0) is 17.6 Å². The van der Waals surface area contributed by atoms with Gasteiger partial charge in [0.05, 0.1) is 22.6 Å². The van der Waals surface area contributed by atoms with E-state index in [-0.39, 0.29) is 23.9 Å². The number of nitrogens with zero attached hydrogens (tertiary/aromatic N) is 2. The number of carbonyl (C=O) groups is 1. The Labute approximate surface area is 162 Å². The molecule has 0 spiro atoms. The maximum atomic E-state index is 12.6. The molecule has 0 fully saturated rings. The average molecular weight is 395 g/mol. The van der Waals surface area contributed by atoms with Gasteiger partial charge in [-0.3, -0.25) is 4.79 Å². The number of hydrogen-bond acceptors (Lipinski definition) is 4. The molecule has 0 unspecified atom stereocenters. The van der Waals surface area contributed by atoms with Crippen LogP contribution in [-0.4, -0.2) is 15.9 Å². The summed E-state index contributed by atoms with van der Waals surface area (Å²) in [5.74, 6) is -0.124. The summed E-state index contributed by atoms with van der Waals surface area (Å²) in [5.41, 5.74) is 1.35. The molecule has 28 heavy (non-hydrogen) atoms. The van der Waals surface area contributed by atoms with Crippen LogP contribution in [0, 0.1) is 19.3 Å². The first-order chi connectivity index (χ1) is 12.8. The minimum atomic E-state index is -4.37. The van der Waals surface area contributed by atoms with E-state index in [0.717, 1.165) is 12.1 Å². The summed E-state index contributed by atoms with van der Waals surface area (Å²) >= 11 is 0. The van der Waals surface area contributed by atoms with Gasteiger partial charge in [0.2, 0.25) is 5.91 Å². The van der Waals surface area contributed by atoms with Crippen LogP contribution in [0.3, 0.4) is 0 Å². The molecule has 2 aromatic rings. The minimum absolute atomic E-state index is 0.0345. The number of anilines is 1. The van der Waals surface area contributed by atoms with Crippen LogP contribution >= 0.6 is 0 Å². The van der Waals surface area contributed by atoms with Crippen molar-refractivity contribution >= 4 is 11.6 Å². The zero-order chi connectivity index (χ0) is 21.1. The highest BCUT2D eigenvalue weighted by atomic mass is 19.4. The van der Waals surface area contributed by atoms with Gasteiger partial charge in [-0.2, -0.15) is 23.1 Å². The second kappa shape index (κ2) is 8.16. The van der Waals surface area contributed by atoms with Crippen LogP contribution < -0.4 is 10.1 Å². The van der Waals surface area contributed by atoms with Crippen molar-refractivity contribution in [3.05, 3.63) is 46.8 Å². The lowest BCUT2D eigenvalue weighted by Crippen LogP contribution is -2.21. The molecule has 2 rings (SSSR count). The summed E-state index contributed by atoms with van der Waals surface area (Å²) in [6, 6.07) is 4.81. The van der Waals surface area contributed by atoms with Crippen LogP contribution in [0.5, 0.6) is 6.01 Å². The number of amides is 1. The summed E-state index contributed by atoms with van der Waals surface area (Å²) < 4.78 is 43.3. The van der Waals surface area contributed by atoms with Crippen molar-refractivity contribution in [2.75, 3.05) is 5.32 Å². The number of nitrogens with one attached hydrogen (secondary N) is 1. The Morgan fingerprint density at radius 3 is 2.04 bits per heavy atom. The number of benzene rings is 1. The van der Waals surface area contributed by atoms with Crippen molar-refractivity contribution in [1.29, 1.82) is 0 Å². The Morgan fingerprint density at radius 1 is 1.04 bits per heavy atom. The van der Waals surface area contributed by atoms with Gasteiger partial charge >= 0.3 is 12.2 Å². The molecule has 0 saturated heterocycles. The fraction of sp³-hybridized carbons (Fsp3) is 0.450. The van der Waals surface area contributed by atoms with E-state index < -0.39 is 11.7 Å². The molecule has 1 heterocycles. The Hall–Kier alpha value is -2.64. The molecule has 1 N–H and O–H groups in total. The molecule has 0 aliphatic rings. The Balaban J connectivity index is 2.05. The number of aromatic nitrogens is 2. The van der Waals surface area contributed by atoms with Gasteiger partial charge in [-0.05, 0) is 37.0 Å². The van der Waals surface area contributed by atoms with Gasteiger partial charge in [0.25, 0.3) is 0 Å². The van der Waals surface area contributed by atoms with Gasteiger partial charge in [0.15, 0.2) is 0 Å². The molecular formula is C20H24F3N3O2. The number of rotatable bonds is 5. The van der Waals surface area contributed by atoms with E-state index in [1.165, 1.54) is 12.1 Å². The van der Waals surface area contributed by atoms with E-state index in [1.807, 2.05) is 20.8 Å². The number of aryl methyl sites for hydroxylation is 2.